The fourth-order valence-corrected chi connectivity index (χ4v) is 3.19. The molecule has 1 fully saturated rings. The number of fused-ring (bicyclic) bond motifs is 1. The molecule has 1 atom stereocenters. The molecule has 0 spiro atoms. The van der Waals surface area contributed by atoms with Crippen LogP contribution in [-0.2, 0) is 19.5 Å². The Morgan fingerprint density at radius 2 is 2.14 bits per heavy atom. The minimum atomic E-state index is 0.542. The molecule has 0 radical (unpaired) electrons. The van der Waals surface area contributed by atoms with Gasteiger partial charge in [-0.1, -0.05) is 18.2 Å². The normalized spacial score (nSPS) is 20.8. The maximum absolute atomic E-state index is 5.76. The van der Waals surface area contributed by atoms with Gasteiger partial charge in [0.15, 0.2) is 0 Å². The summed E-state index contributed by atoms with van der Waals surface area (Å²) in [5.74, 6) is 1.06. The average Bonchev–Trinajstić information content (AvgIpc) is 3.13. The van der Waals surface area contributed by atoms with E-state index in [9.17, 15) is 0 Å². The van der Waals surface area contributed by atoms with Crippen molar-refractivity contribution in [1.82, 2.24) is 5.32 Å². The number of hydrogen-bond acceptors (Lipinski definition) is 3. The van der Waals surface area contributed by atoms with Crippen molar-refractivity contribution in [2.75, 3.05) is 4.90 Å². The molecule has 2 heterocycles. The SMILES string of the molecule is CC1Cc2ccccc2N1Cc1cc(CNC2CC2)co1. The number of nitrogens with one attached hydrogen (secondary N) is 1. The van der Waals surface area contributed by atoms with Crippen LogP contribution in [0.25, 0.3) is 0 Å². The first-order valence-electron chi connectivity index (χ1n) is 7.94. The summed E-state index contributed by atoms with van der Waals surface area (Å²) in [5, 5.41) is 3.53. The maximum atomic E-state index is 5.76. The molecule has 2 aliphatic rings. The molecule has 1 aromatic heterocycles. The molecule has 1 aliphatic heterocycles. The third kappa shape index (κ3) is 2.70. The van der Waals surface area contributed by atoms with Gasteiger partial charge in [-0.2, -0.15) is 0 Å². The van der Waals surface area contributed by atoms with E-state index in [1.807, 2.05) is 6.26 Å². The van der Waals surface area contributed by atoms with Crippen LogP contribution in [0.1, 0.15) is 36.7 Å². The van der Waals surface area contributed by atoms with Crippen LogP contribution in [0, 0.1) is 0 Å². The Hall–Kier alpha value is -1.74. The van der Waals surface area contributed by atoms with Gasteiger partial charge in [-0.3, -0.25) is 0 Å². The van der Waals surface area contributed by atoms with Crippen LogP contribution in [0.15, 0.2) is 41.0 Å². The summed E-state index contributed by atoms with van der Waals surface area (Å²) in [7, 11) is 0. The Morgan fingerprint density at radius 1 is 1.29 bits per heavy atom. The van der Waals surface area contributed by atoms with Gasteiger partial charge in [0.2, 0.25) is 0 Å². The number of para-hydroxylation sites is 1. The number of hydrogen-bond donors (Lipinski definition) is 1. The van der Waals surface area contributed by atoms with Crippen LogP contribution < -0.4 is 10.2 Å². The smallest absolute Gasteiger partial charge is 0.123 e. The van der Waals surface area contributed by atoms with Crippen molar-refractivity contribution in [1.29, 1.82) is 0 Å². The standard InChI is InChI=1S/C18H22N2O/c1-13-8-15-4-2-3-5-18(15)20(13)11-17-9-14(12-21-17)10-19-16-6-7-16/h2-5,9,12-13,16,19H,6-8,10-11H2,1H3. The van der Waals surface area contributed by atoms with Gasteiger partial charge in [0.05, 0.1) is 12.8 Å². The van der Waals surface area contributed by atoms with Crippen molar-refractivity contribution in [2.45, 2.75) is 51.4 Å². The van der Waals surface area contributed by atoms with Crippen LogP contribution in [0.3, 0.4) is 0 Å². The highest BCUT2D eigenvalue weighted by Crippen LogP contribution is 2.33. The molecule has 1 N–H and O–H groups in total. The molecule has 0 saturated heterocycles. The molecule has 21 heavy (non-hydrogen) atoms. The second-order valence-corrected chi connectivity index (χ2v) is 6.39. The molecule has 0 amide bonds. The average molecular weight is 282 g/mol. The van der Waals surface area contributed by atoms with Gasteiger partial charge >= 0.3 is 0 Å². The molecule has 2 aromatic rings. The van der Waals surface area contributed by atoms with Gasteiger partial charge in [0, 0.05) is 29.9 Å². The predicted octanol–water partition coefficient (Wildman–Crippen LogP) is 3.48. The second-order valence-electron chi connectivity index (χ2n) is 6.39. The van der Waals surface area contributed by atoms with Crippen molar-refractivity contribution < 1.29 is 4.42 Å². The number of furan rings is 1. The lowest BCUT2D eigenvalue weighted by molar-refractivity contribution is 0.491. The van der Waals surface area contributed by atoms with E-state index in [1.54, 1.807) is 0 Å². The Kier molecular flexibility index (Phi) is 3.23. The van der Waals surface area contributed by atoms with Gasteiger partial charge < -0.3 is 14.6 Å². The van der Waals surface area contributed by atoms with Gasteiger partial charge in [-0.25, -0.2) is 0 Å². The molecule has 3 nitrogen and oxygen atoms in total. The first-order valence-corrected chi connectivity index (χ1v) is 7.94. The lowest BCUT2D eigenvalue weighted by Crippen LogP contribution is -2.28. The minimum absolute atomic E-state index is 0.542. The van der Waals surface area contributed by atoms with E-state index in [0.717, 1.165) is 31.3 Å². The summed E-state index contributed by atoms with van der Waals surface area (Å²) in [6.45, 7) is 4.08. The molecule has 0 bridgehead atoms. The third-order valence-electron chi connectivity index (χ3n) is 4.55. The molecule has 110 valence electrons. The van der Waals surface area contributed by atoms with Crippen LogP contribution in [0.5, 0.6) is 0 Å². The summed E-state index contributed by atoms with van der Waals surface area (Å²) < 4.78 is 5.76. The number of rotatable bonds is 5. The van der Waals surface area contributed by atoms with Crippen molar-refractivity contribution in [3.8, 4) is 0 Å². The molecule has 1 unspecified atom stereocenters. The first-order chi connectivity index (χ1) is 10.3. The zero-order chi connectivity index (χ0) is 14.2. The Balaban J connectivity index is 1.45. The van der Waals surface area contributed by atoms with Crippen LogP contribution >= 0.6 is 0 Å². The summed E-state index contributed by atoms with van der Waals surface area (Å²) in [6, 6.07) is 12.2. The van der Waals surface area contributed by atoms with Crippen molar-refractivity contribution >= 4 is 5.69 Å². The van der Waals surface area contributed by atoms with Crippen LogP contribution in [0.2, 0.25) is 0 Å². The lowest BCUT2D eigenvalue weighted by atomic mass is 10.1. The van der Waals surface area contributed by atoms with Gasteiger partial charge in [0.1, 0.15) is 5.76 Å². The Bertz CT molecular complexity index is 630. The van der Waals surface area contributed by atoms with Crippen molar-refractivity contribution in [2.24, 2.45) is 0 Å². The predicted molar refractivity (Wildman–Crippen MR) is 84.4 cm³/mol. The fourth-order valence-electron chi connectivity index (χ4n) is 3.19. The van der Waals surface area contributed by atoms with E-state index in [-0.39, 0.29) is 0 Å². The van der Waals surface area contributed by atoms with Gasteiger partial charge in [-0.15, -0.1) is 0 Å². The molecule has 1 aliphatic carbocycles. The van der Waals surface area contributed by atoms with E-state index >= 15 is 0 Å². The molecular weight excluding hydrogens is 260 g/mol. The van der Waals surface area contributed by atoms with E-state index in [2.05, 4.69) is 47.5 Å². The summed E-state index contributed by atoms with van der Waals surface area (Å²) >= 11 is 0. The Labute approximate surface area is 126 Å². The lowest BCUT2D eigenvalue weighted by Gasteiger charge is -2.23. The molecule has 1 saturated carbocycles. The van der Waals surface area contributed by atoms with Crippen LogP contribution in [-0.4, -0.2) is 12.1 Å². The highest BCUT2D eigenvalue weighted by Gasteiger charge is 2.26. The molecule has 4 rings (SSSR count). The topological polar surface area (TPSA) is 28.4 Å². The zero-order valence-corrected chi connectivity index (χ0v) is 12.5. The number of nitrogens with zero attached hydrogens (tertiary/aromatic N) is 1. The summed E-state index contributed by atoms with van der Waals surface area (Å²) in [6.07, 6.45) is 5.68. The highest BCUT2D eigenvalue weighted by atomic mass is 16.3. The van der Waals surface area contributed by atoms with Gasteiger partial charge in [-0.05, 0) is 43.9 Å². The number of anilines is 1. The van der Waals surface area contributed by atoms with E-state index in [4.69, 9.17) is 4.42 Å². The highest BCUT2D eigenvalue weighted by molar-refractivity contribution is 5.59. The second kappa shape index (κ2) is 5.23. The maximum Gasteiger partial charge on any atom is 0.123 e. The van der Waals surface area contributed by atoms with Crippen molar-refractivity contribution in [3.63, 3.8) is 0 Å². The van der Waals surface area contributed by atoms with Crippen molar-refractivity contribution in [3.05, 3.63) is 53.5 Å². The van der Waals surface area contributed by atoms with E-state index in [0.29, 0.717) is 6.04 Å². The van der Waals surface area contributed by atoms with Crippen LogP contribution in [0.4, 0.5) is 5.69 Å². The third-order valence-corrected chi connectivity index (χ3v) is 4.55. The summed E-state index contributed by atoms with van der Waals surface area (Å²) in [4.78, 5) is 2.45. The van der Waals surface area contributed by atoms with E-state index in [1.165, 1.54) is 29.7 Å². The quantitative estimate of drug-likeness (QED) is 0.910. The summed E-state index contributed by atoms with van der Waals surface area (Å²) in [5.41, 5.74) is 4.07. The van der Waals surface area contributed by atoms with E-state index < -0.39 is 0 Å². The molecule has 1 aromatic carbocycles. The number of benzene rings is 1. The van der Waals surface area contributed by atoms with Gasteiger partial charge in [0.25, 0.3) is 0 Å². The fraction of sp³-hybridized carbons (Fsp3) is 0.444. The monoisotopic (exact) mass is 282 g/mol. The zero-order valence-electron chi connectivity index (χ0n) is 12.5. The molecule has 3 heteroatoms. The first kappa shape index (κ1) is 13.0. The minimum Gasteiger partial charge on any atom is -0.467 e. The largest absolute Gasteiger partial charge is 0.467 e. The molecular formula is C18H22N2O. The Morgan fingerprint density at radius 3 is 3.00 bits per heavy atom.